The summed E-state index contributed by atoms with van der Waals surface area (Å²) in [6.07, 6.45) is -0.0301. The van der Waals surface area contributed by atoms with Crippen molar-refractivity contribution in [3.05, 3.63) is 51.6 Å². The van der Waals surface area contributed by atoms with Gasteiger partial charge in [0.25, 0.3) is 0 Å². The van der Waals surface area contributed by atoms with Gasteiger partial charge in [-0.2, -0.15) is 18.3 Å². The second-order valence-electron chi connectivity index (χ2n) is 10.7. The van der Waals surface area contributed by atoms with Crippen LogP contribution < -0.4 is 0 Å². The van der Waals surface area contributed by atoms with Crippen LogP contribution in [0.5, 0.6) is 0 Å². The largest absolute Gasteiger partial charge is 0.469 e. The molecule has 3 saturated carbocycles. The number of halogens is 5. The van der Waals surface area contributed by atoms with Crippen molar-refractivity contribution in [2.75, 3.05) is 13.7 Å². The highest BCUT2D eigenvalue weighted by molar-refractivity contribution is 6.30. The molecule has 11 heteroatoms. The van der Waals surface area contributed by atoms with Crippen LogP contribution in [0.4, 0.5) is 17.6 Å². The Morgan fingerprint density at radius 1 is 1.14 bits per heavy atom. The summed E-state index contributed by atoms with van der Waals surface area (Å²) in [6, 6.07) is 4.00. The zero-order valence-electron chi connectivity index (χ0n) is 20.5. The standard InChI is InChI=1S/C26H28ClF4N3O3/c1-37-23(36)25-8-5-24(6-9-25,7-10-25)13-21(35)33-11-4-18-20(15-33)34(32-22(18)26(29,30)31)14-16-2-3-17(27)12-19(16)28/h2-3,12H,4-11,13-15H2,1H3. The summed E-state index contributed by atoms with van der Waals surface area (Å²) in [7, 11) is 1.40. The molecule has 0 radical (unpaired) electrons. The number of hydrogen-bond acceptors (Lipinski definition) is 4. The smallest absolute Gasteiger partial charge is 0.435 e. The summed E-state index contributed by atoms with van der Waals surface area (Å²) in [5.41, 5.74) is -1.14. The number of methoxy groups -OCH3 is 1. The van der Waals surface area contributed by atoms with E-state index in [4.69, 9.17) is 16.3 Å². The Morgan fingerprint density at radius 2 is 1.81 bits per heavy atom. The van der Waals surface area contributed by atoms with Crippen LogP contribution in [0.3, 0.4) is 0 Å². The van der Waals surface area contributed by atoms with E-state index in [1.807, 2.05) is 0 Å². The Balaban J connectivity index is 1.35. The van der Waals surface area contributed by atoms with Crippen molar-refractivity contribution >= 4 is 23.5 Å². The zero-order chi connectivity index (χ0) is 26.6. The third-order valence-electron chi connectivity index (χ3n) is 8.64. The summed E-state index contributed by atoms with van der Waals surface area (Å²) < 4.78 is 61.9. The van der Waals surface area contributed by atoms with Crippen LogP contribution in [-0.4, -0.2) is 40.2 Å². The highest BCUT2D eigenvalue weighted by atomic mass is 35.5. The molecule has 0 atom stereocenters. The number of nitrogens with zero attached hydrogens (tertiary/aromatic N) is 3. The molecular formula is C26H28ClF4N3O3. The fourth-order valence-electron chi connectivity index (χ4n) is 6.35. The molecule has 2 heterocycles. The van der Waals surface area contributed by atoms with Gasteiger partial charge in [-0.25, -0.2) is 4.39 Å². The molecule has 2 aromatic rings. The molecule has 37 heavy (non-hydrogen) atoms. The first kappa shape index (κ1) is 26.0. The number of aromatic nitrogens is 2. The molecule has 0 spiro atoms. The van der Waals surface area contributed by atoms with Crippen LogP contribution in [0.1, 0.15) is 67.5 Å². The molecule has 6 rings (SSSR count). The van der Waals surface area contributed by atoms with Crippen LogP contribution in [0.25, 0.3) is 0 Å². The van der Waals surface area contributed by atoms with E-state index < -0.39 is 23.1 Å². The molecule has 3 aliphatic carbocycles. The van der Waals surface area contributed by atoms with Gasteiger partial charge in [-0.1, -0.05) is 17.7 Å². The maximum absolute atomic E-state index is 14.4. The Morgan fingerprint density at radius 3 is 2.41 bits per heavy atom. The number of hydrogen-bond donors (Lipinski definition) is 0. The monoisotopic (exact) mass is 541 g/mol. The van der Waals surface area contributed by atoms with Crippen molar-refractivity contribution < 1.29 is 31.9 Å². The lowest BCUT2D eigenvalue weighted by Gasteiger charge is -2.52. The van der Waals surface area contributed by atoms with Crippen LogP contribution >= 0.6 is 11.6 Å². The van der Waals surface area contributed by atoms with E-state index in [1.54, 1.807) is 4.90 Å². The fourth-order valence-corrected chi connectivity index (χ4v) is 6.51. The van der Waals surface area contributed by atoms with Gasteiger partial charge < -0.3 is 9.64 Å². The molecule has 200 valence electrons. The van der Waals surface area contributed by atoms with Crippen molar-refractivity contribution in [1.82, 2.24) is 14.7 Å². The highest BCUT2D eigenvalue weighted by Crippen LogP contribution is 2.59. The van der Waals surface area contributed by atoms with E-state index >= 15 is 0 Å². The minimum Gasteiger partial charge on any atom is -0.469 e. The van der Waals surface area contributed by atoms with Gasteiger partial charge in [-0.05, 0) is 62.5 Å². The third-order valence-corrected chi connectivity index (χ3v) is 8.88. The van der Waals surface area contributed by atoms with Gasteiger partial charge in [0.15, 0.2) is 5.69 Å². The second-order valence-corrected chi connectivity index (χ2v) is 11.1. The number of fused-ring (bicyclic) bond motifs is 4. The first-order valence-corrected chi connectivity index (χ1v) is 12.8. The Kier molecular flexibility index (Phi) is 6.53. The van der Waals surface area contributed by atoms with E-state index in [0.717, 1.165) is 30.0 Å². The summed E-state index contributed by atoms with van der Waals surface area (Å²) in [4.78, 5) is 27.3. The summed E-state index contributed by atoms with van der Waals surface area (Å²) >= 11 is 5.81. The normalized spacial score (nSPS) is 25.2. The molecule has 1 aromatic heterocycles. The SMILES string of the molecule is COC(=O)C12CCC(CC(=O)N3CCc4c(C(F)(F)F)nn(Cc5ccc(Cl)cc5F)c4C3)(CC1)CC2. The number of carbonyl (C=O) groups is 2. The van der Waals surface area contributed by atoms with Crippen LogP contribution in [-0.2, 0) is 40.0 Å². The van der Waals surface area contributed by atoms with Gasteiger partial charge in [0, 0.05) is 29.1 Å². The Hall–Kier alpha value is -2.62. The Bertz CT molecular complexity index is 1220. The van der Waals surface area contributed by atoms with Gasteiger partial charge in [0.05, 0.1) is 31.3 Å². The number of rotatable bonds is 5. The minimum atomic E-state index is -4.66. The van der Waals surface area contributed by atoms with E-state index in [0.29, 0.717) is 25.7 Å². The zero-order valence-corrected chi connectivity index (χ0v) is 21.2. The van der Waals surface area contributed by atoms with Crippen LogP contribution in [0, 0.1) is 16.6 Å². The van der Waals surface area contributed by atoms with E-state index in [-0.39, 0.29) is 65.2 Å². The summed E-state index contributed by atoms with van der Waals surface area (Å²) in [5, 5.41) is 4.00. The summed E-state index contributed by atoms with van der Waals surface area (Å²) in [5.74, 6) is -0.926. The van der Waals surface area contributed by atoms with Gasteiger partial charge >= 0.3 is 12.1 Å². The third kappa shape index (κ3) is 4.73. The predicted molar refractivity (Wildman–Crippen MR) is 126 cm³/mol. The van der Waals surface area contributed by atoms with Crippen molar-refractivity contribution in [3.63, 3.8) is 0 Å². The molecule has 1 aliphatic heterocycles. The molecule has 1 amide bonds. The van der Waals surface area contributed by atoms with Gasteiger partial charge in [0.1, 0.15) is 5.82 Å². The number of ether oxygens (including phenoxy) is 1. The average Bonchev–Trinajstić information content (AvgIpc) is 3.24. The number of amides is 1. The molecule has 4 aliphatic rings. The first-order chi connectivity index (χ1) is 17.5. The molecule has 0 saturated heterocycles. The number of alkyl halides is 3. The topological polar surface area (TPSA) is 64.4 Å². The minimum absolute atomic E-state index is 0.0192. The molecule has 0 unspecified atom stereocenters. The van der Waals surface area contributed by atoms with E-state index in [1.165, 1.54) is 19.2 Å². The van der Waals surface area contributed by atoms with Crippen molar-refractivity contribution in [3.8, 4) is 0 Å². The first-order valence-electron chi connectivity index (χ1n) is 12.4. The van der Waals surface area contributed by atoms with Gasteiger partial charge in [-0.3, -0.25) is 14.3 Å². The van der Waals surface area contributed by atoms with E-state index in [2.05, 4.69) is 5.10 Å². The molecular weight excluding hydrogens is 514 g/mol. The second kappa shape index (κ2) is 9.29. The molecule has 3 fully saturated rings. The molecule has 0 N–H and O–H groups in total. The highest BCUT2D eigenvalue weighted by Gasteiger charge is 2.54. The summed E-state index contributed by atoms with van der Waals surface area (Å²) in [6.45, 7) is -0.0598. The predicted octanol–water partition coefficient (Wildman–Crippen LogP) is 5.53. The Labute approximate surface area is 216 Å². The van der Waals surface area contributed by atoms with Crippen molar-refractivity contribution in [2.24, 2.45) is 10.8 Å². The van der Waals surface area contributed by atoms with Crippen molar-refractivity contribution in [1.29, 1.82) is 0 Å². The lowest BCUT2D eigenvalue weighted by Crippen LogP contribution is -2.48. The average molecular weight is 542 g/mol. The lowest BCUT2D eigenvalue weighted by atomic mass is 9.52. The van der Waals surface area contributed by atoms with Crippen LogP contribution in [0.15, 0.2) is 18.2 Å². The number of benzene rings is 1. The quantitative estimate of drug-likeness (QED) is 0.369. The number of carbonyl (C=O) groups excluding carboxylic acids is 2. The van der Waals surface area contributed by atoms with Gasteiger partial charge in [0.2, 0.25) is 5.91 Å². The van der Waals surface area contributed by atoms with E-state index in [9.17, 15) is 27.2 Å². The van der Waals surface area contributed by atoms with Gasteiger partial charge in [-0.15, -0.1) is 0 Å². The fraction of sp³-hybridized carbons (Fsp3) is 0.577. The van der Waals surface area contributed by atoms with Crippen molar-refractivity contribution in [2.45, 2.75) is 70.6 Å². The molecule has 2 bridgehead atoms. The molecule has 1 aromatic carbocycles. The maximum Gasteiger partial charge on any atom is 0.435 e. The molecule has 6 nitrogen and oxygen atoms in total. The maximum atomic E-state index is 14.4. The lowest BCUT2D eigenvalue weighted by molar-refractivity contribution is -0.164. The number of esters is 1. The van der Waals surface area contributed by atoms with Crippen LogP contribution in [0.2, 0.25) is 5.02 Å².